The van der Waals surface area contributed by atoms with Gasteiger partial charge in [0, 0.05) is 18.1 Å². The van der Waals surface area contributed by atoms with Gasteiger partial charge in [-0.05, 0) is 90.4 Å². The van der Waals surface area contributed by atoms with Gasteiger partial charge in [-0.15, -0.1) is 0 Å². The molecule has 3 aliphatic heterocycles. The van der Waals surface area contributed by atoms with E-state index in [9.17, 15) is 14.7 Å². The Balaban J connectivity index is 1.37. The molecule has 18 heteroatoms. The van der Waals surface area contributed by atoms with E-state index in [4.69, 9.17) is 63.3 Å². The van der Waals surface area contributed by atoms with E-state index < -0.39 is 76.6 Å². The quantitative estimate of drug-likeness (QED) is 0.0290. The molecule has 2 aliphatic carbocycles. The molecule has 8 rings (SSSR count). The normalized spacial score (nSPS) is 25.3. The standard InChI is InChI=1S/C55H73ClN2O13Si2/c1-15-72(16-2,17-3)71-48-39-20-18-19-23-54(61)24-25-55(39)51(69-55)50(48)68-42-22-21-40(57-52(42)56)41(29-46(59)65-30-45(54)70-73(33(6)7,34(8)9)35(10)11)58-53(60)38-28-37-36(26-43(38)66-31-62-12)27-44(67-32(4)5)49(64-14)47(37)63-13/h20-22,26-28,32-35,41,45,48,50-51,61H,15-17,23,29-31H2,1-14H3,(H,58,60)/b39-20-/t41-,45-,48+,50?,51-,54+,55+/m1/s1. The number of nitrogens with one attached hydrogen (secondary N) is 1. The molecule has 3 aromatic rings. The molecule has 5 bridgehead atoms. The number of carbonyl (C=O) groups is 2. The summed E-state index contributed by atoms with van der Waals surface area (Å²) in [5, 5.41) is 17.2. The monoisotopic (exact) mass is 1060 g/mol. The van der Waals surface area contributed by atoms with Crippen molar-refractivity contribution in [1.29, 1.82) is 0 Å². The zero-order valence-corrected chi connectivity index (χ0v) is 47.5. The summed E-state index contributed by atoms with van der Waals surface area (Å²) in [4.78, 5) is 34.1. The number of carbonyl (C=O) groups excluding carboxylic acids is 2. The predicted molar refractivity (Wildman–Crippen MR) is 284 cm³/mol. The maximum atomic E-state index is 14.9. The average molecular weight is 1060 g/mol. The molecule has 2 N–H and O–H groups in total. The highest BCUT2D eigenvalue weighted by Crippen LogP contribution is 2.57. The van der Waals surface area contributed by atoms with Crippen LogP contribution in [-0.2, 0) is 27.9 Å². The number of esters is 1. The van der Waals surface area contributed by atoms with Gasteiger partial charge in [0.05, 0.1) is 50.5 Å². The molecule has 1 saturated carbocycles. The van der Waals surface area contributed by atoms with Crippen LogP contribution in [0.1, 0.15) is 111 Å². The topological polar surface area (TPSA) is 175 Å². The molecule has 1 spiro atoms. The first-order valence-corrected chi connectivity index (χ1v) is 30.5. The fraction of sp³-hybridized carbons (Fsp3) is 0.582. The van der Waals surface area contributed by atoms with Gasteiger partial charge in [-0.2, -0.15) is 0 Å². The van der Waals surface area contributed by atoms with E-state index >= 15 is 0 Å². The van der Waals surface area contributed by atoms with E-state index in [1.54, 1.807) is 36.4 Å². The predicted octanol–water partition coefficient (Wildman–Crippen LogP) is 10.0. The van der Waals surface area contributed by atoms with E-state index in [2.05, 4.69) is 91.3 Å². The van der Waals surface area contributed by atoms with Gasteiger partial charge in [0.25, 0.3) is 5.91 Å². The van der Waals surface area contributed by atoms with Crippen molar-refractivity contribution in [3.63, 3.8) is 0 Å². The van der Waals surface area contributed by atoms with Crippen LogP contribution in [0.15, 0.2) is 42.0 Å². The smallest absolute Gasteiger partial charge is 0.308 e. The Bertz CT molecular complexity index is 2680. The van der Waals surface area contributed by atoms with Crippen LogP contribution in [0.25, 0.3) is 10.8 Å². The number of epoxide rings is 1. The number of aliphatic hydroxyl groups is 1. The van der Waals surface area contributed by atoms with Crippen molar-refractivity contribution in [3.8, 4) is 52.4 Å². The van der Waals surface area contributed by atoms with Crippen molar-refractivity contribution in [3.05, 3.63) is 58.4 Å². The molecular weight excluding hydrogens is 988 g/mol. The molecule has 4 heterocycles. The minimum atomic E-state index is -2.81. The van der Waals surface area contributed by atoms with Crippen LogP contribution >= 0.6 is 11.6 Å². The van der Waals surface area contributed by atoms with Crippen molar-refractivity contribution < 1.29 is 61.4 Å². The van der Waals surface area contributed by atoms with Gasteiger partial charge in [-0.1, -0.05) is 97.6 Å². The van der Waals surface area contributed by atoms with Crippen LogP contribution in [0.3, 0.4) is 0 Å². The van der Waals surface area contributed by atoms with Crippen LogP contribution in [0.5, 0.6) is 28.7 Å². The van der Waals surface area contributed by atoms with Gasteiger partial charge in [0.1, 0.15) is 30.7 Å². The number of hydrogen-bond donors (Lipinski definition) is 2. The largest absolute Gasteiger partial charge is 0.492 e. The second-order valence-corrected chi connectivity index (χ2v) is 31.0. The summed E-state index contributed by atoms with van der Waals surface area (Å²) in [6, 6.07) is 9.87. The van der Waals surface area contributed by atoms with Gasteiger partial charge in [0.2, 0.25) is 14.1 Å². The second kappa shape index (κ2) is 22.6. The van der Waals surface area contributed by atoms with E-state index in [-0.39, 0.29) is 70.5 Å². The van der Waals surface area contributed by atoms with Crippen LogP contribution in [0.4, 0.5) is 0 Å². The van der Waals surface area contributed by atoms with Crippen LogP contribution < -0.4 is 29.0 Å². The molecule has 1 amide bonds. The zero-order chi connectivity index (χ0) is 53.2. The molecule has 1 aromatic heterocycles. The zero-order valence-electron chi connectivity index (χ0n) is 44.8. The van der Waals surface area contributed by atoms with E-state index in [0.717, 1.165) is 18.1 Å². The fourth-order valence-corrected chi connectivity index (χ4v) is 19.6. The Morgan fingerprint density at radius 2 is 1.60 bits per heavy atom. The van der Waals surface area contributed by atoms with Gasteiger partial charge >= 0.3 is 5.97 Å². The second-order valence-electron chi connectivity index (χ2n) is 20.5. The number of allylic oxidation sites excluding steroid dienone is 1. The SMILES string of the molecule is CC[Si](CC)(CC)O[C@H]1/C2=C/C#CC[C@]3(O)C#C[C@]24O[C@@H]4C1Oc1ccc(nc1Cl)[C@H](NC(=O)c1cc2c(OC)c(OC)c(OC(C)C)cc2cc1OCOC)CC(=O)OC[C@H]3O[Si](C(C)C)(C(C)C)C(C)C. The number of amides is 1. The van der Waals surface area contributed by atoms with Gasteiger partial charge in [0.15, 0.2) is 54.8 Å². The molecule has 73 heavy (non-hydrogen) atoms. The number of halogens is 1. The van der Waals surface area contributed by atoms with E-state index in [1.807, 2.05) is 13.8 Å². The van der Waals surface area contributed by atoms with Gasteiger partial charge < -0.3 is 57.2 Å². The Morgan fingerprint density at radius 3 is 2.21 bits per heavy atom. The minimum Gasteiger partial charge on any atom is -0.492 e. The van der Waals surface area contributed by atoms with E-state index in [1.165, 1.54) is 21.3 Å². The van der Waals surface area contributed by atoms with Crippen LogP contribution in [0, 0.1) is 23.7 Å². The molecule has 2 aromatic carbocycles. The first kappa shape index (κ1) is 55.9. The summed E-state index contributed by atoms with van der Waals surface area (Å²) < 4.78 is 63.2. The molecular formula is C55H73ClN2O13Si2. The molecule has 396 valence electrons. The third-order valence-corrected chi connectivity index (χ3v) is 26.0. The summed E-state index contributed by atoms with van der Waals surface area (Å²) in [5.74, 6) is 13.1. The number of ether oxygens (including phenoxy) is 8. The molecule has 7 atom stereocenters. The Morgan fingerprint density at radius 1 is 0.932 bits per heavy atom. The first-order chi connectivity index (χ1) is 34.7. The summed E-state index contributed by atoms with van der Waals surface area (Å²) in [6.45, 7) is 22.6. The van der Waals surface area contributed by atoms with Gasteiger partial charge in [-0.3, -0.25) is 9.59 Å². The Labute approximate surface area is 437 Å². The molecule has 5 aliphatic rings. The Kier molecular flexibility index (Phi) is 17.3. The van der Waals surface area contributed by atoms with Crippen LogP contribution in [-0.4, -0.2) is 115 Å². The number of aromatic nitrogens is 1. The lowest BCUT2D eigenvalue weighted by atomic mass is 9.92. The van der Waals surface area contributed by atoms with Crippen molar-refractivity contribution in [1.82, 2.24) is 10.3 Å². The number of hydrogen-bond acceptors (Lipinski definition) is 14. The number of fused-ring (bicyclic) bond motifs is 8. The average Bonchev–Trinajstić information content (AvgIpc) is 4.01. The maximum Gasteiger partial charge on any atom is 0.308 e. The lowest BCUT2D eigenvalue weighted by Crippen LogP contribution is -2.57. The molecule has 2 fully saturated rings. The highest BCUT2D eigenvalue weighted by atomic mass is 35.5. The van der Waals surface area contributed by atoms with Crippen molar-refractivity contribution in [2.75, 3.05) is 34.7 Å². The summed E-state index contributed by atoms with van der Waals surface area (Å²) in [7, 11) is -0.650. The maximum absolute atomic E-state index is 14.9. The number of methoxy groups -OCH3 is 3. The molecule has 15 nitrogen and oxygen atoms in total. The summed E-state index contributed by atoms with van der Waals surface area (Å²) in [5.41, 5.74) is -1.79. The lowest BCUT2D eigenvalue weighted by molar-refractivity contribution is -0.150. The minimum absolute atomic E-state index is 0.0277. The number of benzene rings is 2. The summed E-state index contributed by atoms with van der Waals surface area (Å²) in [6.07, 6.45) is -2.00. The Hall–Kier alpha value is -4.83. The molecule has 1 unspecified atom stereocenters. The number of nitrogens with zero attached hydrogens (tertiary/aromatic N) is 1. The van der Waals surface area contributed by atoms with Crippen LogP contribution in [0.2, 0.25) is 39.9 Å². The van der Waals surface area contributed by atoms with Crippen molar-refractivity contribution in [2.24, 2.45) is 0 Å². The molecule has 1 saturated heterocycles. The highest BCUT2D eigenvalue weighted by Gasteiger charge is 2.73. The highest BCUT2D eigenvalue weighted by molar-refractivity contribution is 6.77. The van der Waals surface area contributed by atoms with Crippen molar-refractivity contribution >= 4 is 50.9 Å². The number of pyridine rings is 1. The summed E-state index contributed by atoms with van der Waals surface area (Å²) >= 11 is 7.07. The number of rotatable bonds is 19. The lowest BCUT2D eigenvalue weighted by Gasteiger charge is -2.46. The third-order valence-electron chi connectivity index (χ3n) is 15.0. The molecule has 0 radical (unpaired) electrons. The fourth-order valence-electron chi connectivity index (χ4n) is 11.0. The van der Waals surface area contributed by atoms with E-state index in [0.29, 0.717) is 33.6 Å². The van der Waals surface area contributed by atoms with Gasteiger partial charge in [-0.25, -0.2) is 4.98 Å². The third kappa shape index (κ3) is 10.8. The van der Waals surface area contributed by atoms with Crippen molar-refractivity contribution in [2.45, 2.75) is 172 Å². The first-order valence-electron chi connectivity index (χ1n) is 25.5.